The molecule has 4 rings (SSSR count). The number of nitrogens with zero attached hydrogens (tertiary/aromatic N) is 2. The Labute approximate surface area is 147 Å². The minimum absolute atomic E-state index is 0.269. The SMILES string of the molecule is COc1cccc2[nH]c3c(=O)n(/N=C\c4ccc(C)cc4)c(=O)[nH]c3c12. The normalized spacial score (nSPS) is 11.6. The number of aromatic amines is 2. The van der Waals surface area contributed by atoms with E-state index < -0.39 is 11.2 Å². The molecule has 0 unspecified atom stereocenters. The van der Waals surface area contributed by atoms with E-state index in [1.165, 1.54) is 6.21 Å². The summed E-state index contributed by atoms with van der Waals surface area (Å²) >= 11 is 0. The number of methoxy groups -OCH3 is 1. The van der Waals surface area contributed by atoms with Gasteiger partial charge in [-0.1, -0.05) is 35.9 Å². The van der Waals surface area contributed by atoms with Crippen LogP contribution in [0.4, 0.5) is 0 Å². The fraction of sp³-hybridized carbons (Fsp3) is 0.105. The van der Waals surface area contributed by atoms with Crippen molar-refractivity contribution in [3.8, 4) is 5.75 Å². The fourth-order valence-electron chi connectivity index (χ4n) is 2.91. The van der Waals surface area contributed by atoms with Crippen LogP contribution in [-0.2, 0) is 0 Å². The van der Waals surface area contributed by atoms with Crippen LogP contribution in [0.2, 0.25) is 0 Å². The van der Waals surface area contributed by atoms with Crippen molar-refractivity contribution in [3.05, 3.63) is 74.4 Å². The van der Waals surface area contributed by atoms with E-state index in [-0.39, 0.29) is 5.52 Å². The highest BCUT2D eigenvalue weighted by Gasteiger charge is 2.15. The molecule has 0 spiro atoms. The molecule has 0 aliphatic rings. The highest BCUT2D eigenvalue weighted by molar-refractivity contribution is 6.07. The van der Waals surface area contributed by atoms with Crippen molar-refractivity contribution < 1.29 is 4.74 Å². The lowest BCUT2D eigenvalue weighted by Gasteiger charge is -2.01. The summed E-state index contributed by atoms with van der Waals surface area (Å²) in [7, 11) is 1.54. The van der Waals surface area contributed by atoms with Gasteiger partial charge in [0.05, 0.1) is 29.7 Å². The second-order valence-electron chi connectivity index (χ2n) is 5.96. The van der Waals surface area contributed by atoms with Gasteiger partial charge in [0.2, 0.25) is 0 Å². The monoisotopic (exact) mass is 348 g/mol. The molecule has 0 atom stereocenters. The number of H-pyrrole nitrogens is 2. The predicted octanol–water partition coefficient (Wildman–Crippen LogP) is 2.37. The lowest BCUT2D eigenvalue weighted by Crippen LogP contribution is -2.32. The molecule has 0 amide bonds. The highest BCUT2D eigenvalue weighted by Crippen LogP contribution is 2.29. The van der Waals surface area contributed by atoms with Crippen LogP contribution in [-0.4, -0.2) is 28.0 Å². The standard InChI is InChI=1S/C19H16N4O3/c1-11-6-8-12(9-7-11)10-20-23-18(24)17-16(22-19(23)25)15-13(21-17)4-3-5-14(15)26-2/h3-10,21H,1-2H3,(H,22,25)/b20-10-. The van der Waals surface area contributed by atoms with Crippen molar-refractivity contribution in [1.82, 2.24) is 14.6 Å². The number of ether oxygens (including phenoxy) is 1. The number of fused-ring (bicyclic) bond motifs is 3. The summed E-state index contributed by atoms with van der Waals surface area (Å²) in [4.78, 5) is 30.9. The van der Waals surface area contributed by atoms with Gasteiger partial charge in [-0.15, -0.1) is 4.68 Å². The third-order valence-electron chi connectivity index (χ3n) is 4.24. The Bertz CT molecular complexity index is 1260. The molecule has 0 fully saturated rings. The van der Waals surface area contributed by atoms with Gasteiger partial charge in [-0.2, -0.15) is 5.10 Å². The van der Waals surface area contributed by atoms with Crippen molar-refractivity contribution in [1.29, 1.82) is 0 Å². The number of aryl methyl sites for hydroxylation is 1. The summed E-state index contributed by atoms with van der Waals surface area (Å²) < 4.78 is 6.15. The van der Waals surface area contributed by atoms with E-state index in [1.54, 1.807) is 13.2 Å². The largest absolute Gasteiger partial charge is 0.496 e. The fourth-order valence-corrected chi connectivity index (χ4v) is 2.91. The second-order valence-corrected chi connectivity index (χ2v) is 5.96. The number of hydrogen-bond donors (Lipinski definition) is 2. The lowest BCUT2D eigenvalue weighted by atomic mass is 10.2. The molecule has 2 aromatic carbocycles. The van der Waals surface area contributed by atoms with Crippen LogP contribution in [0.5, 0.6) is 5.75 Å². The summed E-state index contributed by atoms with van der Waals surface area (Å²) in [6, 6.07) is 13.0. The number of aromatic nitrogens is 3. The van der Waals surface area contributed by atoms with Crippen LogP contribution in [0, 0.1) is 6.92 Å². The molecule has 0 aliphatic heterocycles. The first-order valence-electron chi connectivity index (χ1n) is 8.03. The maximum atomic E-state index is 12.8. The predicted molar refractivity (Wildman–Crippen MR) is 101 cm³/mol. The van der Waals surface area contributed by atoms with E-state index in [2.05, 4.69) is 15.1 Å². The molecule has 0 saturated heterocycles. The number of hydrogen-bond acceptors (Lipinski definition) is 4. The van der Waals surface area contributed by atoms with Gasteiger partial charge < -0.3 is 14.7 Å². The van der Waals surface area contributed by atoms with E-state index in [0.717, 1.165) is 15.8 Å². The molecule has 130 valence electrons. The highest BCUT2D eigenvalue weighted by atomic mass is 16.5. The maximum absolute atomic E-state index is 12.8. The first kappa shape index (κ1) is 15.9. The molecule has 0 bridgehead atoms. The van der Waals surface area contributed by atoms with Crippen LogP contribution in [0.1, 0.15) is 11.1 Å². The third-order valence-corrected chi connectivity index (χ3v) is 4.24. The van der Waals surface area contributed by atoms with Crippen LogP contribution in [0.15, 0.2) is 57.2 Å². The van der Waals surface area contributed by atoms with Crippen molar-refractivity contribution in [2.24, 2.45) is 5.10 Å². The van der Waals surface area contributed by atoms with Gasteiger partial charge in [0, 0.05) is 0 Å². The molecule has 7 nitrogen and oxygen atoms in total. The van der Waals surface area contributed by atoms with Crippen molar-refractivity contribution >= 4 is 28.2 Å². The van der Waals surface area contributed by atoms with Gasteiger partial charge in [0.15, 0.2) is 0 Å². The summed E-state index contributed by atoms with van der Waals surface area (Å²) in [6.45, 7) is 1.98. The lowest BCUT2D eigenvalue weighted by molar-refractivity contribution is 0.420. The van der Waals surface area contributed by atoms with Crippen molar-refractivity contribution in [3.63, 3.8) is 0 Å². The molecular weight excluding hydrogens is 332 g/mol. The van der Waals surface area contributed by atoms with E-state index in [9.17, 15) is 9.59 Å². The minimum atomic E-state index is -0.613. The Morgan fingerprint density at radius 1 is 1.04 bits per heavy atom. The molecule has 2 aromatic heterocycles. The smallest absolute Gasteiger partial charge is 0.350 e. The zero-order chi connectivity index (χ0) is 18.3. The van der Waals surface area contributed by atoms with Crippen LogP contribution >= 0.6 is 0 Å². The molecule has 7 heteroatoms. The van der Waals surface area contributed by atoms with Crippen LogP contribution in [0.3, 0.4) is 0 Å². The van der Waals surface area contributed by atoms with E-state index in [0.29, 0.717) is 22.2 Å². The Morgan fingerprint density at radius 2 is 1.81 bits per heavy atom. The molecule has 0 radical (unpaired) electrons. The topological polar surface area (TPSA) is 92.2 Å². The van der Waals surface area contributed by atoms with Gasteiger partial charge in [0.25, 0.3) is 0 Å². The Kier molecular flexibility index (Phi) is 3.69. The van der Waals surface area contributed by atoms with Crippen LogP contribution < -0.4 is 16.0 Å². The van der Waals surface area contributed by atoms with Crippen molar-refractivity contribution in [2.75, 3.05) is 7.11 Å². The molecule has 4 aromatic rings. The Morgan fingerprint density at radius 3 is 2.54 bits per heavy atom. The quantitative estimate of drug-likeness (QED) is 0.557. The summed E-state index contributed by atoms with van der Waals surface area (Å²) in [5, 5.41) is 4.71. The number of benzene rings is 2. The third kappa shape index (κ3) is 2.50. The van der Waals surface area contributed by atoms with Gasteiger partial charge in [0.1, 0.15) is 11.3 Å². The van der Waals surface area contributed by atoms with Gasteiger partial charge in [-0.3, -0.25) is 4.79 Å². The summed E-state index contributed by atoms with van der Waals surface area (Å²) in [6.07, 6.45) is 1.48. The summed E-state index contributed by atoms with van der Waals surface area (Å²) in [5.41, 5.74) is 2.15. The molecular formula is C19H16N4O3. The molecule has 2 heterocycles. The zero-order valence-corrected chi connectivity index (χ0v) is 14.2. The van der Waals surface area contributed by atoms with Gasteiger partial charge in [-0.05, 0) is 24.6 Å². The minimum Gasteiger partial charge on any atom is -0.496 e. The van der Waals surface area contributed by atoms with E-state index >= 15 is 0 Å². The average molecular weight is 348 g/mol. The molecule has 2 N–H and O–H groups in total. The van der Waals surface area contributed by atoms with Gasteiger partial charge >= 0.3 is 11.2 Å². The first-order chi connectivity index (χ1) is 12.6. The molecule has 0 saturated carbocycles. The Balaban J connectivity index is 1.92. The average Bonchev–Trinajstić information content (AvgIpc) is 3.02. The molecule has 0 aliphatic carbocycles. The molecule has 26 heavy (non-hydrogen) atoms. The van der Waals surface area contributed by atoms with Crippen LogP contribution in [0.25, 0.3) is 21.9 Å². The van der Waals surface area contributed by atoms with Gasteiger partial charge in [-0.25, -0.2) is 4.79 Å². The van der Waals surface area contributed by atoms with E-state index in [4.69, 9.17) is 4.74 Å². The maximum Gasteiger partial charge on any atom is 0.350 e. The zero-order valence-electron chi connectivity index (χ0n) is 14.2. The van der Waals surface area contributed by atoms with Crippen molar-refractivity contribution in [2.45, 2.75) is 6.92 Å². The first-order valence-corrected chi connectivity index (χ1v) is 8.03. The Hall–Kier alpha value is -3.61. The number of nitrogens with one attached hydrogen (secondary N) is 2. The second kappa shape index (κ2) is 6.03. The summed E-state index contributed by atoms with van der Waals surface area (Å²) in [5.74, 6) is 0.574. The number of rotatable bonds is 3. The van der Waals surface area contributed by atoms with E-state index in [1.807, 2.05) is 43.3 Å².